The van der Waals surface area contributed by atoms with Crippen LogP contribution in [0.3, 0.4) is 0 Å². The molecular formula is C14H10Cl2N2O. The summed E-state index contributed by atoms with van der Waals surface area (Å²) in [6.45, 7) is 0.329. The molecule has 0 aliphatic heterocycles. The third-order valence-electron chi connectivity index (χ3n) is 2.69. The average Bonchev–Trinajstić information content (AvgIpc) is 2.79. The zero-order chi connectivity index (χ0) is 13.2. The molecule has 3 aromatic rings. The van der Waals surface area contributed by atoms with Gasteiger partial charge in [-0.05, 0) is 30.3 Å². The van der Waals surface area contributed by atoms with Gasteiger partial charge in [0.15, 0.2) is 0 Å². The Morgan fingerprint density at radius 3 is 2.79 bits per heavy atom. The molecule has 0 saturated heterocycles. The predicted molar refractivity (Wildman–Crippen MR) is 76.9 cm³/mol. The molecule has 0 radical (unpaired) electrons. The molecule has 0 aliphatic rings. The van der Waals surface area contributed by atoms with Gasteiger partial charge in [-0.2, -0.15) is 0 Å². The van der Waals surface area contributed by atoms with E-state index in [1.807, 2.05) is 36.4 Å². The van der Waals surface area contributed by atoms with E-state index in [2.05, 4.69) is 9.97 Å². The number of fused-ring (bicyclic) bond motifs is 1. The molecular weight excluding hydrogens is 283 g/mol. The van der Waals surface area contributed by atoms with Crippen LogP contribution in [0.2, 0.25) is 10.0 Å². The highest BCUT2D eigenvalue weighted by molar-refractivity contribution is 6.32. The van der Waals surface area contributed by atoms with Crippen LogP contribution in [0.25, 0.3) is 11.0 Å². The number of halogens is 2. The molecule has 0 spiro atoms. The highest BCUT2D eigenvalue weighted by atomic mass is 35.5. The fraction of sp³-hybridized carbons (Fsp3) is 0.0714. The Bertz CT molecular complexity index is 724. The number of rotatable bonds is 3. The molecule has 19 heavy (non-hydrogen) atoms. The van der Waals surface area contributed by atoms with E-state index in [1.54, 1.807) is 6.07 Å². The van der Waals surface area contributed by atoms with Gasteiger partial charge in [0.1, 0.15) is 18.2 Å². The first kappa shape index (κ1) is 12.3. The molecule has 0 aliphatic carbocycles. The van der Waals surface area contributed by atoms with Crippen LogP contribution in [-0.2, 0) is 6.61 Å². The highest BCUT2D eigenvalue weighted by Gasteiger charge is 2.05. The van der Waals surface area contributed by atoms with Crippen LogP contribution in [0.5, 0.6) is 5.75 Å². The molecule has 0 saturated carbocycles. The normalized spacial score (nSPS) is 10.8. The third kappa shape index (κ3) is 2.67. The van der Waals surface area contributed by atoms with Gasteiger partial charge in [-0.1, -0.05) is 35.3 Å². The van der Waals surface area contributed by atoms with Crippen LogP contribution in [-0.4, -0.2) is 9.97 Å². The second kappa shape index (κ2) is 5.11. The maximum Gasteiger partial charge on any atom is 0.146 e. The monoisotopic (exact) mass is 292 g/mol. The van der Waals surface area contributed by atoms with E-state index in [0.717, 1.165) is 16.9 Å². The Morgan fingerprint density at radius 2 is 1.95 bits per heavy atom. The maximum absolute atomic E-state index is 6.02. The smallest absolute Gasteiger partial charge is 0.146 e. The zero-order valence-corrected chi connectivity index (χ0v) is 11.4. The topological polar surface area (TPSA) is 37.9 Å². The average molecular weight is 293 g/mol. The summed E-state index contributed by atoms with van der Waals surface area (Å²) in [6.07, 6.45) is 0. The number of ether oxygens (including phenoxy) is 1. The molecule has 0 fully saturated rings. The Kier molecular flexibility index (Phi) is 3.32. The van der Waals surface area contributed by atoms with E-state index in [0.29, 0.717) is 22.4 Å². The van der Waals surface area contributed by atoms with Gasteiger partial charge in [-0.25, -0.2) is 4.98 Å². The molecule has 1 heterocycles. The van der Waals surface area contributed by atoms with Gasteiger partial charge in [-0.15, -0.1) is 0 Å². The fourth-order valence-corrected chi connectivity index (χ4v) is 2.17. The van der Waals surface area contributed by atoms with E-state index >= 15 is 0 Å². The first-order chi connectivity index (χ1) is 9.22. The van der Waals surface area contributed by atoms with Gasteiger partial charge < -0.3 is 9.72 Å². The molecule has 0 amide bonds. The van der Waals surface area contributed by atoms with Crippen molar-refractivity contribution in [1.82, 2.24) is 9.97 Å². The van der Waals surface area contributed by atoms with Crippen molar-refractivity contribution in [2.45, 2.75) is 6.61 Å². The number of nitrogens with zero attached hydrogens (tertiary/aromatic N) is 1. The number of aromatic amines is 1. The predicted octanol–water partition coefficient (Wildman–Crippen LogP) is 4.45. The third-order valence-corrected chi connectivity index (χ3v) is 3.24. The first-order valence-corrected chi connectivity index (χ1v) is 6.49. The Labute approximate surface area is 120 Å². The van der Waals surface area contributed by atoms with Gasteiger partial charge in [0.05, 0.1) is 16.1 Å². The minimum absolute atomic E-state index is 0.329. The lowest BCUT2D eigenvalue weighted by Gasteiger charge is -2.05. The SMILES string of the molecule is Clc1ccc2nc(COc3ccccc3Cl)[nH]c2c1. The standard InChI is InChI=1S/C14H10Cl2N2O/c15-9-5-6-11-12(7-9)18-14(17-11)8-19-13-4-2-1-3-10(13)16/h1-7H,8H2,(H,17,18). The molecule has 0 atom stereocenters. The highest BCUT2D eigenvalue weighted by Crippen LogP contribution is 2.24. The summed E-state index contributed by atoms with van der Waals surface area (Å²) in [6, 6.07) is 12.9. The summed E-state index contributed by atoms with van der Waals surface area (Å²) in [7, 11) is 0. The molecule has 96 valence electrons. The molecule has 1 aromatic heterocycles. The number of H-pyrrole nitrogens is 1. The van der Waals surface area contributed by atoms with Gasteiger partial charge >= 0.3 is 0 Å². The van der Waals surface area contributed by atoms with Crippen LogP contribution in [0.4, 0.5) is 0 Å². The Hall–Kier alpha value is -1.71. The number of hydrogen-bond acceptors (Lipinski definition) is 2. The van der Waals surface area contributed by atoms with Gasteiger partial charge in [0.25, 0.3) is 0 Å². The van der Waals surface area contributed by atoms with Crippen LogP contribution in [0.1, 0.15) is 5.82 Å². The van der Waals surface area contributed by atoms with Gasteiger partial charge in [0, 0.05) is 5.02 Å². The van der Waals surface area contributed by atoms with Crippen molar-refractivity contribution >= 4 is 34.2 Å². The second-order valence-electron chi connectivity index (χ2n) is 4.06. The summed E-state index contributed by atoms with van der Waals surface area (Å²) < 4.78 is 5.62. The van der Waals surface area contributed by atoms with Gasteiger partial charge in [-0.3, -0.25) is 0 Å². The Morgan fingerprint density at radius 1 is 1.11 bits per heavy atom. The zero-order valence-electron chi connectivity index (χ0n) is 9.86. The van der Waals surface area contributed by atoms with Crippen LogP contribution in [0.15, 0.2) is 42.5 Å². The number of imidazole rings is 1. The molecule has 2 aromatic carbocycles. The lowest BCUT2D eigenvalue weighted by Crippen LogP contribution is -1.97. The number of aromatic nitrogens is 2. The van der Waals surface area contributed by atoms with Crippen LogP contribution in [0, 0.1) is 0 Å². The Balaban J connectivity index is 1.80. The number of nitrogens with one attached hydrogen (secondary N) is 1. The summed E-state index contributed by atoms with van der Waals surface area (Å²) in [5.41, 5.74) is 1.76. The van der Waals surface area contributed by atoms with E-state index in [4.69, 9.17) is 27.9 Å². The molecule has 5 heteroatoms. The summed E-state index contributed by atoms with van der Waals surface area (Å²) in [5, 5.41) is 1.26. The van der Waals surface area contributed by atoms with E-state index in [-0.39, 0.29) is 0 Å². The minimum Gasteiger partial charge on any atom is -0.484 e. The maximum atomic E-state index is 6.02. The quantitative estimate of drug-likeness (QED) is 0.774. The first-order valence-electron chi connectivity index (χ1n) is 5.74. The minimum atomic E-state index is 0.329. The number of hydrogen-bond donors (Lipinski definition) is 1. The molecule has 3 nitrogen and oxygen atoms in total. The number of benzene rings is 2. The van der Waals surface area contributed by atoms with Gasteiger partial charge in [0.2, 0.25) is 0 Å². The molecule has 0 unspecified atom stereocenters. The summed E-state index contributed by atoms with van der Waals surface area (Å²) >= 11 is 11.9. The largest absolute Gasteiger partial charge is 0.484 e. The fourth-order valence-electron chi connectivity index (χ4n) is 1.81. The van der Waals surface area contributed by atoms with E-state index in [1.165, 1.54) is 0 Å². The van der Waals surface area contributed by atoms with Crippen molar-refractivity contribution in [1.29, 1.82) is 0 Å². The summed E-state index contributed by atoms with van der Waals surface area (Å²) in [4.78, 5) is 7.58. The van der Waals surface area contributed by atoms with Crippen molar-refractivity contribution in [2.75, 3.05) is 0 Å². The second-order valence-corrected chi connectivity index (χ2v) is 4.91. The van der Waals surface area contributed by atoms with Crippen LogP contribution >= 0.6 is 23.2 Å². The summed E-state index contributed by atoms with van der Waals surface area (Å²) in [5.74, 6) is 1.37. The van der Waals surface area contributed by atoms with Crippen molar-refractivity contribution < 1.29 is 4.74 Å². The van der Waals surface area contributed by atoms with Crippen LogP contribution < -0.4 is 4.74 Å². The lowest BCUT2D eigenvalue weighted by atomic mass is 10.3. The molecule has 3 rings (SSSR count). The van der Waals surface area contributed by atoms with E-state index in [9.17, 15) is 0 Å². The van der Waals surface area contributed by atoms with Crippen molar-refractivity contribution in [3.8, 4) is 5.75 Å². The van der Waals surface area contributed by atoms with Crippen molar-refractivity contribution in [3.05, 3.63) is 58.3 Å². The molecule has 1 N–H and O–H groups in total. The van der Waals surface area contributed by atoms with E-state index < -0.39 is 0 Å². The van der Waals surface area contributed by atoms with Crippen molar-refractivity contribution in [2.24, 2.45) is 0 Å². The number of para-hydroxylation sites is 1. The van der Waals surface area contributed by atoms with Crippen molar-refractivity contribution in [3.63, 3.8) is 0 Å². The molecule has 0 bridgehead atoms. The lowest BCUT2D eigenvalue weighted by molar-refractivity contribution is 0.298.